The number of rotatable bonds is 4. The normalized spacial score (nSPS) is 25.1. The highest BCUT2D eigenvalue weighted by molar-refractivity contribution is 6.74. The summed E-state index contributed by atoms with van der Waals surface area (Å²) in [5, 5.41) is 11.5. The molecule has 3 amide bonds. The molecule has 0 aliphatic carbocycles. The van der Waals surface area contributed by atoms with Gasteiger partial charge in [-0.1, -0.05) is 20.8 Å². The molecular formula is C26H48N2O7Si. The highest BCUT2D eigenvalue weighted by Crippen LogP contribution is 2.40. The molecule has 10 heteroatoms. The SMILES string of the molecule is CC(C)(C)OC(=O)N1CCCC(C(O)C2CC(O[Si](C)(C)C(C)(C)C)CN2C(=O)OC(C)(C)C)C1=O. The van der Waals surface area contributed by atoms with Gasteiger partial charge in [0.25, 0.3) is 0 Å². The lowest BCUT2D eigenvalue weighted by Crippen LogP contribution is -2.54. The van der Waals surface area contributed by atoms with Crippen molar-refractivity contribution in [1.29, 1.82) is 0 Å². The van der Waals surface area contributed by atoms with E-state index in [9.17, 15) is 19.5 Å². The Labute approximate surface area is 217 Å². The van der Waals surface area contributed by atoms with Crippen LogP contribution in [0.4, 0.5) is 9.59 Å². The lowest BCUT2D eigenvalue weighted by Gasteiger charge is -2.38. The number of amides is 3. The average molecular weight is 529 g/mol. The minimum Gasteiger partial charge on any atom is -0.444 e. The molecule has 4 unspecified atom stereocenters. The van der Waals surface area contributed by atoms with Crippen LogP contribution >= 0.6 is 0 Å². The summed E-state index contributed by atoms with van der Waals surface area (Å²) in [7, 11) is -2.14. The van der Waals surface area contributed by atoms with Crippen molar-refractivity contribution >= 4 is 26.4 Å². The molecule has 0 saturated carbocycles. The quantitative estimate of drug-likeness (QED) is 0.516. The van der Waals surface area contributed by atoms with Gasteiger partial charge in [-0.05, 0) is 78.9 Å². The monoisotopic (exact) mass is 528 g/mol. The van der Waals surface area contributed by atoms with Crippen LogP contribution in [0.5, 0.6) is 0 Å². The molecule has 0 spiro atoms. The summed E-state index contributed by atoms with van der Waals surface area (Å²) in [4.78, 5) is 41.7. The summed E-state index contributed by atoms with van der Waals surface area (Å²) in [5.74, 6) is -1.30. The third-order valence-corrected chi connectivity index (χ3v) is 11.6. The summed E-state index contributed by atoms with van der Waals surface area (Å²) in [5.41, 5.74) is -1.45. The smallest absolute Gasteiger partial charge is 0.417 e. The molecule has 1 N–H and O–H groups in total. The fourth-order valence-electron chi connectivity index (χ4n) is 4.35. The van der Waals surface area contributed by atoms with Crippen molar-refractivity contribution in [2.45, 2.75) is 129 Å². The predicted octanol–water partition coefficient (Wildman–Crippen LogP) is 4.92. The van der Waals surface area contributed by atoms with Gasteiger partial charge < -0.3 is 19.0 Å². The van der Waals surface area contributed by atoms with Gasteiger partial charge in [0.2, 0.25) is 5.91 Å². The first-order chi connectivity index (χ1) is 16.1. The van der Waals surface area contributed by atoms with E-state index in [-0.39, 0.29) is 24.2 Å². The van der Waals surface area contributed by atoms with Gasteiger partial charge in [0.05, 0.1) is 24.2 Å². The van der Waals surface area contributed by atoms with Crippen LogP contribution in [0.3, 0.4) is 0 Å². The van der Waals surface area contributed by atoms with E-state index in [1.165, 1.54) is 4.90 Å². The number of carbonyl (C=O) groups is 3. The van der Waals surface area contributed by atoms with E-state index >= 15 is 0 Å². The molecule has 2 heterocycles. The van der Waals surface area contributed by atoms with Crippen LogP contribution in [0.15, 0.2) is 0 Å². The summed E-state index contributed by atoms with van der Waals surface area (Å²) in [6.07, 6.45) is -1.33. The molecule has 0 aromatic heterocycles. The van der Waals surface area contributed by atoms with Gasteiger partial charge in [0.1, 0.15) is 11.2 Å². The van der Waals surface area contributed by atoms with E-state index < -0.39 is 55.7 Å². The van der Waals surface area contributed by atoms with Gasteiger partial charge in [-0.25, -0.2) is 14.5 Å². The summed E-state index contributed by atoms with van der Waals surface area (Å²) in [6.45, 7) is 21.9. The van der Waals surface area contributed by atoms with E-state index in [2.05, 4.69) is 33.9 Å². The second-order valence-electron chi connectivity index (χ2n) is 13.6. The minimum absolute atomic E-state index is 0.0201. The Bertz CT molecular complexity index is 826. The van der Waals surface area contributed by atoms with Crippen LogP contribution in [0, 0.1) is 5.92 Å². The zero-order chi connectivity index (χ0) is 27.9. The van der Waals surface area contributed by atoms with Gasteiger partial charge in [-0.2, -0.15) is 0 Å². The molecule has 4 atom stereocenters. The van der Waals surface area contributed by atoms with Crippen molar-refractivity contribution in [2.75, 3.05) is 13.1 Å². The lowest BCUT2D eigenvalue weighted by atomic mass is 9.87. The van der Waals surface area contributed by atoms with Crippen LogP contribution in [0.2, 0.25) is 18.1 Å². The largest absolute Gasteiger partial charge is 0.444 e. The second-order valence-corrected chi connectivity index (χ2v) is 18.4. The zero-order valence-electron chi connectivity index (χ0n) is 24.1. The Morgan fingerprint density at radius 2 is 1.50 bits per heavy atom. The van der Waals surface area contributed by atoms with Crippen molar-refractivity contribution < 1.29 is 33.4 Å². The van der Waals surface area contributed by atoms with E-state index in [1.807, 2.05) is 0 Å². The van der Waals surface area contributed by atoms with E-state index in [1.54, 1.807) is 41.5 Å². The van der Waals surface area contributed by atoms with E-state index in [4.69, 9.17) is 13.9 Å². The molecule has 0 radical (unpaired) electrons. The maximum Gasteiger partial charge on any atom is 0.417 e. The van der Waals surface area contributed by atoms with Crippen LogP contribution in [-0.4, -0.2) is 83.9 Å². The van der Waals surface area contributed by atoms with E-state index in [0.29, 0.717) is 19.3 Å². The number of likely N-dealkylation sites (tertiary alicyclic amines) is 2. The number of hydrogen-bond donors (Lipinski definition) is 1. The van der Waals surface area contributed by atoms with Crippen LogP contribution in [-0.2, 0) is 18.7 Å². The zero-order valence-corrected chi connectivity index (χ0v) is 25.1. The molecule has 208 valence electrons. The number of ether oxygens (including phenoxy) is 2. The molecule has 0 aromatic rings. The van der Waals surface area contributed by atoms with Gasteiger partial charge in [-0.15, -0.1) is 0 Å². The molecule has 36 heavy (non-hydrogen) atoms. The van der Waals surface area contributed by atoms with Crippen molar-refractivity contribution in [2.24, 2.45) is 5.92 Å². The Morgan fingerprint density at radius 3 is 2.00 bits per heavy atom. The Kier molecular flexibility index (Phi) is 9.01. The molecule has 2 rings (SSSR count). The molecule has 9 nitrogen and oxygen atoms in total. The molecular weight excluding hydrogens is 480 g/mol. The number of carbonyl (C=O) groups excluding carboxylic acids is 3. The minimum atomic E-state index is -2.14. The van der Waals surface area contributed by atoms with Crippen LogP contribution in [0.25, 0.3) is 0 Å². The van der Waals surface area contributed by atoms with Crippen molar-refractivity contribution in [3.8, 4) is 0 Å². The molecule has 2 saturated heterocycles. The van der Waals surface area contributed by atoms with Crippen molar-refractivity contribution in [3.63, 3.8) is 0 Å². The summed E-state index contributed by atoms with van der Waals surface area (Å²) in [6, 6.07) is -0.665. The van der Waals surface area contributed by atoms with Gasteiger partial charge >= 0.3 is 12.2 Å². The predicted molar refractivity (Wildman–Crippen MR) is 140 cm³/mol. The Balaban J connectivity index is 2.28. The number of hydrogen-bond acceptors (Lipinski definition) is 7. The number of aliphatic hydroxyl groups is 1. The molecule has 2 fully saturated rings. The first-order valence-electron chi connectivity index (χ1n) is 13.0. The maximum absolute atomic E-state index is 13.3. The highest BCUT2D eigenvalue weighted by Gasteiger charge is 2.50. The van der Waals surface area contributed by atoms with Crippen LogP contribution < -0.4 is 0 Å². The Hall–Kier alpha value is -1.65. The van der Waals surface area contributed by atoms with Crippen molar-refractivity contribution in [1.82, 2.24) is 9.80 Å². The van der Waals surface area contributed by atoms with Gasteiger partial charge in [0, 0.05) is 13.1 Å². The first-order valence-corrected chi connectivity index (χ1v) is 15.9. The lowest BCUT2D eigenvalue weighted by molar-refractivity contribution is -0.143. The summed E-state index contributed by atoms with van der Waals surface area (Å²) < 4.78 is 17.6. The molecule has 0 aromatic carbocycles. The number of aliphatic hydroxyl groups excluding tert-OH is 1. The second kappa shape index (κ2) is 10.6. The molecule has 0 bridgehead atoms. The standard InChI is InChI=1S/C26H48N2O7Si/c1-24(2,3)33-22(31)27-14-12-13-18(21(27)30)20(29)19-15-17(35-36(10,11)26(7,8)9)16-28(19)23(32)34-25(4,5)6/h17-20,29H,12-16H2,1-11H3. The molecule has 2 aliphatic heterocycles. The van der Waals surface area contributed by atoms with Crippen molar-refractivity contribution in [3.05, 3.63) is 0 Å². The summed E-state index contributed by atoms with van der Waals surface area (Å²) >= 11 is 0. The average Bonchev–Trinajstić information content (AvgIpc) is 3.07. The topological polar surface area (TPSA) is 106 Å². The third kappa shape index (κ3) is 7.68. The van der Waals surface area contributed by atoms with E-state index in [0.717, 1.165) is 4.90 Å². The molecule has 2 aliphatic rings. The highest BCUT2D eigenvalue weighted by atomic mass is 28.4. The van der Waals surface area contributed by atoms with Crippen LogP contribution in [0.1, 0.15) is 81.6 Å². The third-order valence-electron chi connectivity index (χ3n) is 7.10. The Morgan fingerprint density at radius 1 is 0.972 bits per heavy atom. The maximum atomic E-state index is 13.3. The van der Waals surface area contributed by atoms with Gasteiger partial charge in [-0.3, -0.25) is 9.69 Å². The fraction of sp³-hybridized carbons (Fsp3) is 0.885. The first kappa shape index (κ1) is 30.6. The number of imide groups is 1. The van der Waals surface area contributed by atoms with Gasteiger partial charge in [0.15, 0.2) is 8.32 Å². The number of piperidine rings is 1. The number of nitrogens with zero attached hydrogens (tertiary/aromatic N) is 2. The fourth-order valence-corrected chi connectivity index (χ4v) is 5.70.